The van der Waals surface area contributed by atoms with Gasteiger partial charge in [-0.05, 0) is 6.92 Å². The molecule has 1 aromatic rings. The van der Waals surface area contributed by atoms with Gasteiger partial charge in [-0.1, -0.05) is 23.5 Å². The Balaban J connectivity index is 0.00000225. The van der Waals surface area contributed by atoms with Gasteiger partial charge in [0.15, 0.2) is 5.13 Å². The molecule has 2 aliphatic rings. The first-order chi connectivity index (χ1) is 11.6. The molecule has 0 spiro atoms. The zero-order chi connectivity index (χ0) is 17.1. The number of hydrogen-bond donors (Lipinski definition) is 1. The van der Waals surface area contributed by atoms with E-state index in [1.165, 1.54) is 16.9 Å². The molecular formula is C17H22N4O2SU. The van der Waals surface area contributed by atoms with E-state index in [1.807, 2.05) is 6.42 Å². The molecule has 0 aromatic carbocycles. The average Bonchev–Trinajstić information content (AvgIpc) is 3.12. The number of nitrogens with zero attached hydrogens (tertiary/aromatic N) is 3. The van der Waals surface area contributed by atoms with Crippen LogP contribution in [0.15, 0.2) is 29.7 Å². The predicted octanol–water partition coefficient (Wildman–Crippen LogP) is 1.98. The van der Waals surface area contributed by atoms with Crippen LogP contribution in [-0.2, 0) is 4.74 Å². The first-order valence-electron chi connectivity index (χ1n) is 8.00. The van der Waals surface area contributed by atoms with Crippen molar-refractivity contribution in [2.45, 2.75) is 19.4 Å². The maximum atomic E-state index is 11.2. The number of allylic oxidation sites excluding steroid dienone is 2. The molecule has 1 aromatic heterocycles. The monoisotopic (exact) mass is 584 g/mol. The second-order valence-electron chi connectivity index (χ2n) is 5.91. The van der Waals surface area contributed by atoms with Crippen molar-refractivity contribution in [1.29, 1.82) is 0 Å². The molecule has 1 fully saturated rings. The molecule has 6 nitrogen and oxygen atoms in total. The minimum absolute atomic E-state index is 0. The van der Waals surface area contributed by atoms with E-state index in [0.717, 1.165) is 43.5 Å². The van der Waals surface area contributed by atoms with Crippen LogP contribution in [0.25, 0.3) is 0 Å². The van der Waals surface area contributed by atoms with Gasteiger partial charge in [-0.2, -0.15) is 19.6 Å². The van der Waals surface area contributed by atoms with Crippen LogP contribution in [-0.4, -0.2) is 48.0 Å². The summed E-state index contributed by atoms with van der Waals surface area (Å²) < 4.78 is 5.10. The number of aromatic nitrogens is 1. The van der Waals surface area contributed by atoms with Crippen LogP contribution >= 0.6 is 11.3 Å². The molecular weight excluding hydrogens is 562 g/mol. The van der Waals surface area contributed by atoms with E-state index in [2.05, 4.69) is 41.0 Å². The summed E-state index contributed by atoms with van der Waals surface area (Å²) in [6.07, 6.45) is 8.77. The van der Waals surface area contributed by atoms with Crippen molar-refractivity contribution in [3.8, 4) is 0 Å². The average molecular weight is 584 g/mol. The molecule has 1 atom stereocenters. The number of rotatable bonds is 5. The van der Waals surface area contributed by atoms with Crippen LogP contribution in [0.4, 0.5) is 5.13 Å². The van der Waals surface area contributed by atoms with Crippen molar-refractivity contribution < 1.29 is 40.6 Å². The van der Waals surface area contributed by atoms with Gasteiger partial charge in [0.25, 0.3) is 5.91 Å². The summed E-state index contributed by atoms with van der Waals surface area (Å²) in [4.78, 5) is 20.7. The topological polar surface area (TPSA) is 71.7 Å². The molecule has 8 heteroatoms. The van der Waals surface area contributed by atoms with E-state index >= 15 is 0 Å². The Morgan fingerprint density at radius 2 is 2.16 bits per heavy atom. The largest absolute Gasteiger partial charge is 2.00 e. The Bertz CT molecular complexity index is 665. The number of nitrogens with two attached hydrogens (primary N) is 1. The normalized spacial score (nSPS) is 19.2. The summed E-state index contributed by atoms with van der Waals surface area (Å²) in [5.41, 5.74) is 6.57. The molecule has 1 unspecified atom stereocenters. The van der Waals surface area contributed by atoms with Crippen molar-refractivity contribution in [1.82, 2.24) is 9.88 Å². The minimum Gasteiger partial charge on any atom is -0.691 e. The Morgan fingerprint density at radius 3 is 2.76 bits per heavy atom. The van der Waals surface area contributed by atoms with Crippen LogP contribution in [0.1, 0.15) is 23.0 Å². The quantitative estimate of drug-likeness (QED) is 0.537. The van der Waals surface area contributed by atoms with Crippen molar-refractivity contribution in [3.05, 3.63) is 48.1 Å². The fourth-order valence-electron chi connectivity index (χ4n) is 3.02. The SMILES string of the molecule is [CH2-]OC1=CC(C(C)N2CCN(c3ncc(C(N)=O)s3)CC2)=CC[CH-]1.[U+2]. The van der Waals surface area contributed by atoms with Gasteiger partial charge in [-0.3, -0.25) is 9.69 Å². The molecule has 1 amide bonds. The minimum atomic E-state index is -0.415. The number of thiazole rings is 1. The predicted molar refractivity (Wildman–Crippen MR) is 95.4 cm³/mol. The summed E-state index contributed by atoms with van der Waals surface area (Å²) >= 11 is 1.36. The van der Waals surface area contributed by atoms with Gasteiger partial charge >= 0.3 is 31.1 Å². The Morgan fingerprint density at radius 1 is 1.44 bits per heavy atom. The van der Waals surface area contributed by atoms with Crippen molar-refractivity contribution in [3.63, 3.8) is 0 Å². The molecule has 1 saturated heterocycles. The molecule has 1 aliphatic heterocycles. The van der Waals surface area contributed by atoms with Gasteiger partial charge in [-0.15, -0.1) is 11.6 Å². The summed E-state index contributed by atoms with van der Waals surface area (Å²) in [5, 5.41) is 0.871. The van der Waals surface area contributed by atoms with E-state index in [9.17, 15) is 4.79 Å². The number of carbonyl (C=O) groups is 1. The Labute approximate surface area is 176 Å². The third-order valence-corrected chi connectivity index (χ3v) is 5.57. The summed E-state index contributed by atoms with van der Waals surface area (Å²) in [7, 11) is 3.49. The van der Waals surface area contributed by atoms with Crippen molar-refractivity contribution in [2.24, 2.45) is 5.73 Å². The molecule has 3 rings (SSSR count). The Hall–Kier alpha value is -0.938. The number of piperazine rings is 1. The number of hydrogen-bond acceptors (Lipinski definition) is 6. The number of amides is 1. The maximum Gasteiger partial charge on any atom is 2.00 e. The third kappa shape index (κ3) is 4.82. The van der Waals surface area contributed by atoms with E-state index in [4.69, 9.17) is 10.5 Å². The van der Waals surface area contributed by atoms with Crippen LogP contribution in [0.3, 0.4) is 0 Å². The molecule has 0 radical (unpaired) electrons. The number of primary amides is 1. The molecule has 2 N–H and O–H groups in total. The van der Waals surface area contributed by atoms with Crippen molar-refractivity contribution in [2.75, 3.05) is 31.1 Å². The molecule has 0 saturated carbocycles. The zero-order valence-electron chi connectivity index (χ0n) is 14.3. The second-order valence-corrected chi connectivity index (χ2v) is 6.91. The van der Waals surface area contributed by atoms with Gasteiger partial charge in [-0.25, -0.2) is 4.98 Å². The molecule has 132 valence electrons. The van der Waals surface area contributed by atoms with Gasteiger partial charge in [0.05, 0.1) is 6.20 Å². The van der Waals surface area contributed by atoms with Gasteiger partial charge in [0.1, 0.15) is 4.88 Å². The third-order valence-electron chi connectivity index (χ3n) is 4.50. The second kappa shape index (κ2) is 9.13. The van der Waals surface area contributed by atoms with Crippen molar-refractivity contribution >= 4 is 22.4 Å². The molecule has 2 heterocycles. The molecule has 1 aliphatic carbocycles. The maximum absolute atomic E-state index is 11.2. The van der Waals surface area contributed by atoms with Crippen LogP contribution in [0.2, 0.25) is 0 Å². The van der Waals surface area contributed by atoms with Crippen LogP contribution in [0.5, 0.6) is 0 Å². The van der Waals surface area contributed by atoms with E-state index in [1.54, 1.807) is 6.20 Å². The van der Waals surface area contributed by atoms with Crippen LogP contribution in [0, 0.1) is 44.6 Å². The summed E-state index contributed by atoms with van der Waals surface area (Å²) in [5.74, 6) is 0.419. The number of carbonyl (C=O) groups excluding carboxylic acids is 1. The fraction of sp³-hybridized carbons (Fsp3) is 0.412. The standard InChI is InChI=1S/C17H22N4O2S.U/c1-12(13-4-3-5-14(10-13)23-2)20-6-8-21(9-7-20)17-19-11-15(24-17)16(18)22;/h4-5,10-12H,2-3,6-9H2,1H3,(H2,18,22);/q-2;+2. The smallest absolute Gasteiger partial charge is 0.691 e. The summed E-state index contributed by atoms with van der Waals surface area (Å²) in [6, 6.07) is 0.337. The van der Waals surface area contributed by atoms with Gasteiger partial charge < -0.3 is 15.4 Å². The summed E-state index contributed by atoms with van der Waals surface area (Å²) in [6.45, 7) is 5.89. The van der Waals surface area contributed by atoms with E-state index < -0.39 is 5.91 Å². The number of anilines is 1. The fourth-order valence-corrected chi connectivity index (χ4v) is 3.84. The first-order valence-corrected chi connectivity index (χ1v) is 8.81. The first kappa shape index (κ1) is 20.4. The zero-order valence-corrected chi connectivity index (χ0v) is 19.3. The van der Waals surface area contributed by atoms with E-state index in [-0.39, 0.29) is 31.1 Å². The van der Waals surface area contributed by atoms with Crippen LogP contribution < -0.4 is 10.6 Å². The van der Waals surface area contributed by atoms with Gasteiger partial charge in [0.2, 0.25) is 0 Å². The molecule has 25 heavy (non-hydrogen) atoms. The van der Waals surface area contributed by atoms with E-state index in [0.29, 0.717) is 10.9 Å². The Kier molecular flexibility index (Phi) is 7.44. The van der Waals surface area contributed by atoms with Gasteiger partial charge in [0, 0.05) is 32.2 Å². The molecule has 0 bridgehead atoms. The number of ether oxygens (including phenoxy) is 1.